The van der Waals surface area contributed by atoms with Gasteiger partial charge in [-0.25, -0.2) is 8.78 Å². The lowest BCUT2D eigenvalue weighted by atomic mass is 10.0. The van der Waals surface area contributed by atoms with Crippen molar-refractivity contribution >= 4 is 40.0 Å². The Kier molecular flexibility index (Phi) is 4.77. The second kappa shape index (κ2) is 7.68. The average molecular weight is 465 g/mol. The lowest BCUT2D eigenvalue weighted by Crippen LogP contribution is -1.99. The van der Waals surface area contributed by atoms with Crippen molar-refractivity contribution in [2.75, 3.05) is 0 Å². The van der Waals surface area contributed by atoms with Crippen LogP contribution in [0.2, 0.25) is 5.02 Å². The molecule has 3 aromatic carbocycles. The summed E-state index contributed by atoms with van der Waals surface area (Å²) in [6.07, 6.45) is 2.83. The van der Waals surface area contributed by atoms with Gasteiger partial charge in [-0.3, -0.25) is 4.40 Å². The summed E-state index contributed by atoms with van der Waals surface area (Å²) in [7, 11) is 0. The van der Waals surface area contributed by atoms with Crippen LogP contribution in [0.15, 0.2) is 76.7 Å². The molecule has 6 rings (SSSR count). The quantitative estimate of drug-likeness (QED) is 0.263. The fourth-order valence-electron chi connectivity index (χ4n) is 4.80. The van der Waals surface area contributed by atoms with E-state index < -0.39 is 11.6 Å². The molecule has 1 aliphatic heterocycles. The molecule has 0 unspecified atom stereocenters. The molecule has 3 heterocycles. The van der Waals surface area contributed by atoms with Crippen LogP contribution < -0.4 is 0 Å². The zero-order chi connectivity index (χ0) is 21.8. The monoisotopic (exact) mass is 464 g/mol. The van der Waals surface area contributed by atoms with E-state index in [1.165, 1.54) is 17.2 Å². The molecule has 0 bridgehead atoms. The Bertz CT molecular complexity index is 1470. The highest BCUT2D eigenvalue weighted by atomic mass is 35.5. The molecule has 0 aliphatic carbocycles. The summed E-state index contributed by atoms with van der Waals surface area (Å²) >= 11 is 7.74. The van der Waals surface area contributed by atoms with Crippen LogP contribution in [0.25, 0.3) is 27.8 Å². The zero-order valence-corrected chi connectivity index (χ0v) is 18.7. The van der Waals surface area contributed by atoms with Crippen molar-refractivity contribution in [1.29, 1.82) is 0 Å². The Morgan fingerprint density at radius 3 is 2.44 bits per heavy atom. The standard InChI is InChI=1S/C26H19ClF2N2S/c27-17-9-11-18(12-10-17)32-26-22(16-6-2-1-3-7-16)19-8-4-5-15-30-24-21(31(26)25(19)30)14-13-20(28)23(24)29/h1-3,6-7,9-14H,4-5,8,15H2. The average Bonchev–Trinajstić information content (AvgIpc) is 3.19. The molecular weight excluding hydrogens is 446 g/mol. The number of benzene rings is 3. The van der Waals surface area contributed by atoms with E-state index in [2.05, 4.69) is 16.5 Å². The molecule has 0 amide bonds. The van der Waals surface area contributed by atoms with E-state index in [9.17, 15) is 4.39 Å². The van der Waals surface area contributed by atoms with Gasteiger partial charge in [0.15, 0.2) is 11.6 Å². The molecule has 0 saturated carbocycles. The van der Waals surface area contributed by atoms with Crippen LogP contribution >= 0.6 is 23.4 Å². The van der Waals surface area contributed by atoms with Crippen LogP contribution in [0.1, 0.15) is 18.4 Å². The number of halogens is 3. The first-order valence-corrected chi connectivity index (χ1v) is 11.9. The van der Waals surface area contributed by atoms with Gasteiger partial charge in [0.2, 0.25) is 0 Å². The van der Waals surface area contributed by atoms with E-state index in [0.29, 0.717) is 22.6 Å². The van der Waals surface area contributed by atoms with E-state index in [1.54, 1.807) is 17.8 Å². The highest BCUT2D eigenvalue weighted by molar-refractivity contribution is 7.99. The zero-order valence-electron chi connectivity index (χ0n) is 17.1. The third-order valence-corrected chi connectivity index (χ3v) is 7.50. The molecule has 0 N–H and O–H groups in total. The summed E-state index contributed by atoms with van der Waals surface area (Å²) in [4.78, 5) is 1.04. The van der Waals surface area contributed by atoms with Gasteiger partial charge in [-0.15, -0.1) is 0 Å². The molecule has 2 nitrogen and oxygen atoms in total. The van der Waals surface area contributed by atoms with E-state index >= 15 is 4.39 Å². The van der Waals surface area contributed by atoms with Crippen molar-refractivity contribution in [2.45, 2.75) is 35.7 Å². The van der Waals surface area contributed by atoms with Crippen molar-refractivity contribution in [3.8, 4) is 11.1 Å². The Labute approximate surface area is 193 Å². The largest absolute Gasteiger partial charge is 0.323 e. The Hall–Kier alpha value is -2.76. The first-order chi connectivity index (χ1) is 15.6. The van der Waals surface area contributed by atoms with E-state index in [-0.39, 0.29) is 0 Å². The number of imidazole rings is 1. The lowest BCUT2D eigenvalue weighted by molar-refractivity contribution is 0.510. The lowest BCUT2D eigenvalue weighted by Gasteiger charge is -2.09. The van der Waals surface area contributed by atoms with E-state index in [4.69, 9.17) is 11.6 Å². The highest BCUT2D eigenvalue weighted by Gasteiger charge is 2.29. The molecule has 5 aromatic rings. The van der Waals surface area contributed by atoms with Gasteiger partial charge >= 0.3 is 0 Å². The molecule has 6 heteroatoms. The van der Waals surface area contributed by atoms with Gasteiger partial charge in [0.25, 0.3) is 0 Å². The number of nitrogens with zero attached hydrogens (tertiary/aromatic N) is 2. The summed E-state index contributed by atoms with van der Waals surface area (Å²) < 4.78 is 33.4. The second-order valence-corrected chi connectivity index (χ2v) is 9.58. The molecule has 0 fully saturated rings. The molecule has 1 aliphatic rings. The number of aromatic nitrogens is 2. The fraction of sp³-hybridized carbons (Fsp3) is 0.154. The molecule has 0 atom stereocenters. The maximum Gasteiger partial charge on any atom is 0.184 e. The minimum Gasteiger partial charge on any atom is -0.323 e. The fourth-order valence-corrected chi connectivity index (χ4v) is 6.04. The molecule has 0 saturated heterocycles. The van der Waals surface area contributed by atoms with Crippen LogP contribution in [-0.2, 0) is 13.0 Å². The maximum absolute atomic E-state index is 15.0. The third kappa shape index (κ3) is 2.99. The Morgan fingerprint density at radius 1 is 0.875 bits per heavy atom. The molecule has 2 aromatic heterocycles. The summed E-state index contributed by atoms with van der Waals surface area (Å²) in [6, 6.07) is 21.0. The van der Waals surface area contributed by atoms with Crippen LogP contribution in [0.5, 0.6) is 0 Å². The minimum absolute atomic E-state index is 0.348. The van der Waals surface area contributed by atoms with Gasteiger partial charge < -0.3 is 4.57 Å². The highest BCUT2D eigenvalue weighted by Crippen LogP contribution is 2.46. The summed E-state index contributed by atoms with van der Waals surface area (Å²) in [5.41, 5.74) is 5.51. The molecule has 160 valence electrons. The van der Waals surface area contributed by atoms with Gasteiger partial charge in [0.1, 0.15) is 11.2 Å². The normalized spacial score (nSPS) is 13.7. The van der Waals surface area contributed by atoms with E-state index in [0.717, 1.165) is 40.4 Å². The van der Waals surface area contributed by atoms with Crippen molar-refractivity contribution in [3.63, 3.8) is 0 Å². The van der Waals surface area contributed by atoms with Crippen molar-refractivity contribution in [1.82, 2.24) is 8.97 Å². The topological polar surface area (TPSA) is 9.34 Å². The maximum atomic E-state index is 15.0. The van der Waals surface area contributed by atoms with Gasteiger partial charge in [0.05, 0.1) is 10.5 Å². The summed E-state index contributed by atoms with van der Waals surface area (Å²) in [5.74, 6) is -1.58. The number of rotatable bonds is 3. The SMILES string of the molecule is Fc1ccc2c(c1F)n1c3c(c(-c4ccccc4)c(Sc4ccc(Cl)cc4)n23)CCCC1. The van der Waals surface area contributed by atoms with Crippen LogP contribution in [0, 0.1) is 11.6 Å². The van der Waals surface area contributed by atoms with Gasteiger partial charge in [-0.2, -0.15) is 0 Å². The van der Waals surface area contributed by atoms with E-state index in [1.807, 2.05) is 47.0 Å². The molecule has 0 spiro atoms. The number of hydrogen-bond donors (Lipinski definition) is 0. The smallest absolute Gasteiger partial charge is 0.184 e. The minimum atomic E-state index is -0.810. The third-order valence-electron chi connectivity index (χ3n) is 6.16. The molecule has 0 radical (unpaired) electrons. The molecule has 32 heavy (non-hydrogen) atoms. The Balaban J connectivity index is 1.75. The van der Waals surface area contributed by atoms with Gasteiger partial charge in [0, 0.05) is 27.6 Å². The van der Waals surface area contributed by atoms with Crippen LogP contribution in [0.3, 0.4) is 0 Å². The number of fused-ring (bicyclic) bond motifs is 3. The first kappa shape index (κ1) is 19.9. The number of hydrogen-bond acceptors (Lipinski definition) is 1. The Morgan fingerprint density at radius 2 is 1.66 bits per heavy atom. The predicted molar refractivity (Wildman–Crippen MR) is 127 cm³/mol. The van der Waals surface area contributed by atoms with Crippen molar-refractivity contribution in [2.24, 2.45) is 0 Å². The summed E-state index contributed by atoms with van der Waals surface area (Å²) in [5, 5.41) is 1.70. The first-order valence-electron chi connectivity index (χ1n) is 10.7. The van der Waals surface area contributed by atoms with Crippen LogP contribution in [0.4, 0.5) is 8.78 Å². The number of aryl methyl sites for hydroxylation is 2. The molecular formula is C26H19ClF2N2S. The van der Waals surface area contributed by atoms with Gasteiger partial charge in [-0.1, -0.05) is 53.7 Å². The summed E-state index contributed by atoms with van der Waals surface area (Å²) in [6.45, 7) is 0.670. The van der Waals surface area contributed by atoms with Crippen molar-refractivity contribution in [3.05, 3.63) is 89.0 Å². The van der Waals surface area contributed by atoms with Crippen LogP contribution in [-0.4, -0.2) is 8.97 Å². The van der Waals surface area contributed by atoms with Gasteiger partial charge in [-0.05, 0) is 61.2 Å². The predicted octanol–water partition coefficient (Wildman–Crippen LogP) is 7.98. The second-order valence-electron chi connectivity index (χ2n) is 8.08. The van der Waals surface area contributed by atoms with Crippen molar-refractivity contribution < 1.29 is 8.78 Å².